The molecule has 2 aromatic carbocycles. The van der Waals surface area contributed by atoms with E-state index >= 15 is 0 Å². The Morgan fingerprint density at radius 2 is 1.80 bits per heavy atom. The summed E-state index contributed by atoms with van der Waals surface area (Å²) >= 11 is 6.05. The summed E-state index contributed by atoms with van der Waals surface area (Å²) in [5.74, 6) is 0.0234. The van der Waals surface area contributed by atoms with Gasteiger partial charge < -0.3 is 5.11 Å². The summed E-state index contributed by atoms with van der Waals surface area (Å²) in [5, 5.41) is 10.2. The van der Waals surface area contributed by atoms with E-state index in [0.717, 1.165) is 11.1 Å². The van der Waals surface area contributed by atoms with Crippen molar-refractivity contribution in [3.63, 3.8) is 0 Å². The second-order valence-corrected chi connectivity index (χ2v) is 5.65. The van der Waals surface area contributed by atoms with Crippen molar-refractivity contribution in [2.24, 2.45) is 5.92 Å². The number of benzene rings is 2. The number of halogens is 1. The van der Waals surface area contributed by atoms with E-state index in [1.54, 1.807) is 12.1 Å². The van der Waals surface area contributed by atoms with E-state index in [-0.39, 0.29) is 22.5 Å². The molecule has 0 aliphatic rings. The molecule has 0 saturated carbocycles. The molecular formula is C17H17ClO2. The van der Waals surface area contributed by atoms with Crippen LogP contribution in [0.5, 0.6) is 5.75 Å². The van der Waals surface area contributed by atoms with Crippen LogP contribution in [0, 0.1) is 5.92 Å². The lowest BCUT2D eigenvalue weighted by Gasteiger charge is -2.10. The van der Waals surface area contributed by atoms with Gasteiger partial charge in [-0.05, 0) is 29.2 Å². The third-order valence-corrected chi connectivity index (χ3v) is 3.35. The number of ketones is 1. The van der Waals surface area contributed by atoms with Gasteiger partial charge in [-0.25, -0.2) is 0 Å². The summed E-state index contributed by atoms with van der Waals surface area (Å²) in [6.07, 6.45) is 0.391. The smallest absolute Gasteiger partial charge is 0.166 e. The molecule has 1 N–H and O–H groups in total. The van der Waals surface area contributed by atoms with Gasteiger partial charge in [0, 0.05) is 6.42 Å². The van der Waals surface area contributed by atoms with Crippen molar-refractivity contribution in [3.8, 4) is 16.9 Å². The molecule has 0 heterocycles. The summed E-state index contributed by atoms with van der Waals surface area (Å²) in [7, 11) is 0. The monoisotopic (exact) mass is 288 g/mol. The lowest BCUT2D eigenvalue weighted by molar-refractivity contribution is 0.0965. The number of carbonyl (C=O) groups excluding carboxylic acids is 1. The second-order valence-electron chi connectivity index (χ2n) is 5.24. The van der Waals surface area contributed by atoms with Crippen molar-refractivity contribution in [1.29, 1.82) is 0 Å². The van der Waals surface area contributed by atoms with Crippen molar-refractivity contribution in [2.75, 3.05) is 0 Å². The number of hydrogen-bond donors (Lipinski definition) is 1. The number of phenols is 1. The second kappa shape index (κ2) is 6.10. The predicted molar refractivity (Wildman–Crippen MR) is 82.3 cm³/mol. The molecule has 0 spiro atoms. The molecule has 2 rings (SSSR count). The Labute approximate surface area is 124 Å². The first-order valence-electron chi connectivity index (χ1n) is 6.60. The van der Waals surface area contributed by atoms with Crippen molar-refractivity contribution in [3.05, 3.63) is 53.1 Å². The normalized spacial score (nSPS) is 10.8. The summed E-state index contributed by atoms with van der Waals surface area (Å²) in [4.78, 5) is 12.2. The number of carbonyl (C=O) groups is 1. The molecule has 0 aliphatic heterocycles. The van der Waals surface area contributed by atoms with E-state index in [1.807, 2.05) is 44.2 Å². The molecule has 20 heavy (non-hydrogen) atoms. The average molecular weight is 289 g/mol. The Bertz CT molecular complexity index is 618. The number of hydrogen-bond acceptors (Lipinski definition) is 2. The zero-order valence-electron chi connectivity index (χ0n) is 11.6. The molecule has 0 unspecified atom stereocenters. The minimum atomic E-state index is -0.128. The van der Waals surface area contributed by atoms with Crippen LogP contribution < -0.4 is 0 Å². The Morgan fingerprint density at radius 3 is 2.40 bits per heavy atom. The fourth-order valence-corrected chi connectivity index (χ4v) is 2.31. The van der Waals surface area contributed by atoms with E-state index in [1.165, 1.54) is 0 Å². The molecule has 0 saturated heterocycles. The standard InChI is InChI=1S/C17H17ClO2/c1-11(2)8-16(19)14-9-13(10-15(18)17(14)20)12-6-4-3-5-7-12/h3-7,9-11,20H,8H2,1-2H3. The summed E-state index contributed by atoms with van der Waals surface area (Å²) in [5.41, 5.74) is 2.10. The molecular weight excluding hydrogens is 272 g/mol. The average Bonchev–Trinajstić information content (AvgIpc) is 2.41. The van der Waals surface area contributed by atoms with Gasteiger partial charge in [-0.2, -0.15) is 0 Å². The first kappa shape index (κ1) is 14.6. The summed E-state index contributed by atoms with van der Waals surface area (Å²) in [6, 6.07) is 13.0. The minimum Gasteiger partial charge on any atom is -0.506 e. The van der Waals surface area contributed by atoms with Gasteiger partial charge in [-0.15, -0.1) is 0 Å². The molecule has 0 aliphatic carbocycles. The van der Waals surface area contributed by atoms with Crippen LogP contribution in [0.15, 0.2) is 42.5 Å². The maximum atomic E-state index is 12.2. The maximum Gasteiger partial charge on any atom is 0.166 e. The number of aromatic hydroxyl groups is 1. The molecule has 2 aromatic rings. The number of rotatable bonds is 4. The lowest BCUT2D eigenvalue weighted by Crippen LogP contribution is -2.04. The van der Waals surface area contributed by atoms with Gasteiger partial charge in [0.15, 0.2) is 5.78 Å². The maximum absolute atomic E-state index is 12.2. The van der Waals surface area contributed by atoms with E-state index in [0.29, 0.717) is 12.0 Å². The molecule has 0 atom stereocenters. The first-order valence-corrected chi connectivity index (χ1v) is 6.98. The van der Waals surface area contributed by atoms with Gasteiger partial charge >= 0.3 is 0 Å². The van der Waals surface area contributed by atoms with E-state index < -0.39 is 0 Å². The highest BCUT2D eigenvalue weighted by molar-refractivity contribution is 6.33. The fourth-order valence-electron chi connectivity index (χ4n) is 2.09. The Morgan fingerprint density at radius 1 is 1.15 bits per heavy atom. The molecule has 0 fully saturated rings. The third-order valence-electron chi connectivity index (χ3n) is 3.06. The van der Waals surface area contributed by atoms with Gasteiger partial charge in [0.2, 0.25) is 0 Å². The van der Waals surface area contributed by atoms with Gasteiger partial charge in [0.1, 0.15) is 5.75 Å². The largest absolute Gasteiger partial charge is 0.506 e. The fraction of sp³-hybridized carbons (Fsp3) is 0.235. The van der Waals surface area contributed by atoms with Crippen LogP contribution in [0.4, 0.5) is 0 Å². The van der Waals surface area contributed by atoms with Crippen LogP contribution in [0.2, 0.25) is 5.02 Å². The molecule has 0 aromatic heterocycles. The third kappa shape index (κ3) is 3.20. The molecule has 0 amide bonds. The van der Waals surface area contributed by atoms with Crippen LogP contribution in [0.25, 0.3) is 11.1 Å². The van der Waals surface area contributed by atoms with Gasteiger partial charge in [-0.3, -0.25) is 4.79 Å². The molecule has 2 nitrogen and oxygen atoms in total. The molecule has 3 heteroatoms. The number of phenolic OH excluding ortho intramolecular Hbond substituents is 1. The summed E-state index contributed by atoms with van der Waals surface area (Å²) < 4.78 is 0. The van der Waals surface area contributed by atoms with Gasteiger partial charge in [0.25, 0.3) is 0 Å². The van der Waals surface area contributed by atoms with E-state index in [9.17, 15) is 9.90 Å². The van der Waals surface area contributed by atoms with E-state index in [2.05, 4.69) is 0 Å². The van der Waals surface area contributed by atoms with Gasteiger partial charge in [0.05, 0.1) is 10.6 Å². The highest BCUT2D eigenvalue weighted by atomic mass is 35.5. The first-order chi connectivity index (χ1) is 9.49. The van der Waals surface area contributed by atoms with Crippen LogP contribution in [-0.2, 0) is 0 Å². The topological polar surface area (TPSA) is 37.3 Å². The van der Waals surface area contributed by atoms with Crippen molar-refractivity contribution in [1.82, 2.24) is 0 Å². The van der Waals surface area contributed by atoms with Gasteiger partial charge in [-0.1, -0.05) is 55.8 Å². The molecule has 0 bridgehead atoms. The number of Topliss-reactive ketones (excluding diaryl/α,β-unsaturated/α-hetero) is 1. The highest BCUT2D eigenvalue weighted by Gasteiger charge is 2.17. The Hall–Kier alpha value is -1.80. The van der Waals surface area contributed by atoms with Crippen molar-refractivity contribution >= 4 is 17.4 Å². The predicted octanol–water partition coefficient (Wildman–Crippen LogP) is 4.94. The zero-order valence-corrected chi connectivity index (χ0v) is 12.3. The lowest BCUT2D eigenvalue weighted by atomic mass is 9.96. The minimum absolute atomic E-state index is 0.0859. The van der Waals surface area contributed by atoms with E-state index in [4.69, 9.17) is 11.6 Å². The Kier molecular flexibility index (Phi) is 4.46. The SMILES string of the molecule is CC(C)CC(=O)c1cc(-c2ccccc2)cc(Cl)c1O. The molecule has 104 valence electrons. The van der Waals surface area contributed by atoms with Crippen LogP contribution in [0.3, 0.4) is 0 Å². The molecule has 0 radical (unpaired) electrons. The van der Waals surface area contributed by atoms with Crippen LogP contribution in [0.1, 0.15) is 30.6 Å². The van der Waals surface area contributed by atoms with Crippen LogP contribution in [-0.4, -0.2) is 10.9 Å². The Balaban J connectivity index is 2.48. The van der Waals surface area contributed by atoms with Crippen molar-refractivity contribution in [2.45, 2.75) is 20.3 Å². The van der Waals surface area contributed by atoms with Crippen LogP contribution >= 0.6 is 11.6 Å². The highest BCUT2D eigenvalue weighted by Crippen LogP contribution is 2.34. The van der Waals surface area contributed by atoms with Crippen molar-refractivity contribution < 1.29 is 9.90 Å². The quantitative estimate of drug-likeness (QED) is 0.809. The summed E-state index contributed by atoms with van der Waals surface area (Å²) in [6.45, 7) is 3.94. The zero-order chi connectivity index (χ0) is 14.7.